The van der Waals surface area contributed by atoms with Gasteiger partial charge in [-0.3, -0.25) is 19.8 Å². The van der Waals surface area contributed by atoms with E-state index in [1.54, 1.807) is 0 Å². The third kappa shape index (κ3) is 6.54. The lowest BCUT2D eigenvalue weighted by atomic mass is 9.86. The zero-order chi connectivity index (χ0) is 27.7. The summed E-state index contributed by atoms with van der Waals surface area (Å²) >= 11 is 0.975. The number of nitro benzene ring substituents is 1. The smallest absolute Gasteiger partial charge is 0.361 e. The number of non-ortho nitro benzene ring substituents is 1. The Labute approximate surface area is 221 Å². The third-order valence-electron chi connectivity index (χ3n) is 7.19. The molecule has 0 atom stereocenters. The molecule has 210 valence electrons. The molecule has 0 bridgehead atoms. The minimum Gasteiger partial charge on any atom is -0.361 e. The van der Waals surface area contributed by atoms with E-state index in [0.29, 0.717) is 36.1 Å². The van der Waals surface area contributed by atoms with E-state index >= 15 is 0 Å². The number of nitrogens with one attached hydrogen (secondary N) is 1. The summed E-state index contributed by atoms with van der Waals surface area (Å²) in [4.78, 5) is 27.7. The van der Waals surface area contributed by atoms with Gasteiger partial charge in [-0.15, -0.1) is 11.3 Å². The Morgan fingerprint density at radius 1 is 1.11 bits per heavy atom. The number of benzene rings is 1. The fourth-order valence-corrected chi connectivity index (χ4v) is 7.34. The SMILES string of the molecule is COP(=O)(NC1CCC(CN2CCN(c3cc(=O)c4cc(C(F)(F)F)cc([N+](=O)[O-])c4s3)CC2)CC1)OC. The molecular weight excluding hydrogens is 548 g/mol. The number of halogens is 3. The maximum Gasteiger partial charge on any atom is 0.416 e. The van der Waals surface area contributed by atoms with Crippen LogP contribution in [0.1, 0.15) is 31.2 Å². The zero-order valence-corrected chi connectivity index (χ0v) is 22.7. The maximum absolute atomic E-state index is 13.2. The number of alkyl halides is 3. The van der Waals surface area contributed by atoms with Gasteiger partial charge < -0.3 is 13.9 Å². The van der Waals surface area contributed by atoms with Gasteiger partial charge >= 0.3 is 13.9 Å². The molecule has 1 N–H and O–H groups in total. The van der Waals surface area contributed by atoms with Crippen LogP contribution in [0.5, 0.6) is 0 Å². The summed E-state index contributed by atoms with van der Waals surface area (Å²) in [5, 5.41) is 14.7. The van der Waals surface area contributed by atoms with Crippen molar-refractivity contribution in [3.8, 4) is 0 Å². The van der Waals surface area contributed by atoms with Crippen molar-refractivity contribution in [3.05, 3.63) is 44.1 Å². The lowest BCUT2D eigenvalue weighted by Gasteiger charge is -2.39. The second-order valence-electron chi connectivity index (χ2n) is 9.57. The van der Waals surface area contributed by atoms with Gasteiger partial charge in [0.2, 0.25) is 0 Å². The number of piperazine rings is 1. The summed E-state index contributed by atoms with van der Waals surface area (Å²) in [6, 6.07) is 2.53. The van der Waals surface area contributed by atoms with Crippen LogP contribution in [0.2, 0.25) is 0 Å². The third-order valence-corrected chi connectivity index (χ3v) is 10.0. The van der Waals surface area contributed by atoms with E-state index in [1.165, 1.54) is 20.3 Å². The Hall–Kier alpha value is -2.09. The summed E-state index contributed by atoms with van der Waals surface area (Å²) < 4.78 is 61.8. The molecule has 1 saturated carbocycles. The topological polar surface area (TPSA) is 114 Å². The van der Waals surface area contributed by atoms with Crippen LogP contribution in [0.4, 0.5) is 23.9 Å². The molecular formula is C23H30F3N4O6PS. The Balaban J connectivity index is 1.38. The van der Waals surface area contributed by atoms with Crippen LogP contribution in [0.25, 0.3) is 10.1 Å². The Bertz CT molecular complexity index is 1270. The van der Waals surface area contributed by atoms with Gasteiger partial charge in [-0.1, -0.05) is 0 Å². The molecule has 2 heterocycles. The lowest BCUT2D eigenvalue weighted by Crippen LogP contribution is -2.48. The van der Waals surface area contributed by atoms with E-state index in [-0.39, 0.29) is 16.1 Å². The molecule has 1 saturated heterocycles. The van der Waals surface area contributed by atoms with Gasteiger partial charge in [0.25, 0.3) is 5.69 Å². The first-order valence-corrected chi connectivity index (χ1v) is 14.6. The van der Waals surface area contributed by atoms with Gasteiger partial charge in [0, 0.05) is 70.5 Å². The van der Waals surface area contributed by atoms with E-state index in [4.69, 9.17) is 9.05 Å². The van der Waals surface area contributed by atoms with Crippen LogP contribution in [0.15, 0.2) is 23.0 Å². The first kappa shape index (κ1) is 28.9. The molecule has 4 rings (SSSR count). The first-order valence-electron chi connectivity index (χ1n) is 12.2. The molecule has 0 radical (unpaired) electrons. The predicted molar refractivity (Wildman–Crippen MR) is 139 cm³/mol. The van der Waals surface area contributed by atoms with Crippen molar-refractivity contribution < 1.29 is 31.7 Å². The van der Waals surface area contributed by atoms with Gasteiger partial charge in [-0.25, -0.2) is 9.65 Å². The summed E-state index contributed by atoms with van der Waals surface area (Å²) in [5.41, 5.74) is -2.59. The zero-order valence-electron chi connectivity index (χ0n) is 21.0. The van der Waals surface area contributed by atoms with Crippen LogP contribution in [0, 0.1) is 16.0 Å². The van der Waals surface area contributed by atoms with Crippen molar-refractivity contribution in [1.29, 1.82) is 0 Å². The molecule has 38 heavy (non-hydrogen) atoms. The van der Waals surface area contributed by atoms with Crippen LogP contribution < -0.4 is 15.4 Å². The highest BCUT2D eigenvalue weighted by molar-refractivity contribution is 7.51. The van der Waals surface area contributed by atoms with Crippen molar-refractivity contribution in [2.75, 3.05) is 51.8 Å². The first-order chi connectivity index (χ1) is 17.9. The molecule has 0 amide bonds. The summed E-state index contributed by atoms with van der Waals surface area (Å²) in [6.07, 6.45) is -1.12. The van der Waals surface area contributed by atoms with Crippen molar-refractivity contribution in [2.24, 2.45) is 5.92 Å². The molecule has 1 aromatic heterocycles. The number of fused-ring (bicyclic) bond motifs is 1. The molecule has 10 nitrogen and oxygen atoms in total. The van der Waals surface area contributed by atoms with Gasteiger partial charge in [0.15, 0.2) is 5.43 Å². The van der Waals surface area contributed by atoms with E-state index in [0.717, 1.165) is 56.7 Å². The highest BCUT2D eigenvalue weighted by atomic mass is 32.1. The number of hydrogen-bond acceptors (Lipinski definition) is 9. The fourth-order valence-electron chi connectivity index (χ4n) is 5.08. The molecule has 1 aromatic carbocycles. The van der Waals surface area contributed by atoms with E-state index in [9.17, 15) is 32.6 Å². The molecule has 15 heteroatoms. The molecule has 2 fully saturated rings. The Kier molecular flexibility index (Phi) is 8.80. The fraction of sp³-hybridized carbons (Fsp3) is 0.609. The van der Waals surface area contributed by atoms with Gasteiger partial charge in [-0.05, 0) is 37.7 Å². The monoisotopic (exact) mass is 578 g/mol. The Morgan fingerprint density at radius 2 is 1.74 bits per heavy atom. The average molecular weight is 579 g/mol. The van der Waals surface area contributed by atoms with Crippen LogP contribution in [-0.4, -0.2) is 62.8 Å². The molecule has 1 aliphatic heterocycles. The standard InChI is InChI=1S/C23H30F3N4O6PS/c1-35-37(34,36-2)27-17-5-3-15(4-6-17)14-28-7-9-29(10-8-28)21-13-20(31)18-11-16(23(24,25)26)12-19(30(32)33)22(18)38-21/h11-13,15,17H,3-10,14H2,1-2H3,(H,27,34). The van der Waals surface area contributed by atoms with Crippen molar-refractivity contribution in [2.45, 2.75) is 37.9 Å². The van der Waals surface area contributed by atoms with Crippen molar-refractivity contribution in [3.63, 3.8) is 0 Å². The number of nitro groups is 1. The summed E-state index contributed by atoms with van der Waals surface area (Å²) in [6.45, 7) is 3.56. The number of rotatable bonds is 8. The Morgan fingerprint density at radius 3 is 2.29 bits per heavy atom. The quantitative estimate of drug-likeness (QED) is 0.267. The highest BCUT2D eigenvalue weighted by Gasteiger charge is 2.34. The molecule has 1 aliphatic carbocycles. The van der Waals surface area contributed by atoms with Crippen LogP contribution in [-0.2, 0) is 19.8 Å². The van der Waals surface area contributed by atoms with Gasteiger partial charge in [-0.2, -0.15) is 13.2 Å². The minimum atomic E-state index is -4.79. The largest absolute Gasteiger partial charge is 0.416 e. The maximum atomic E-state index is 13.2. The van der Waals surface area contributed by atoms with Crippen molar-refractivity contribution >= 4 is 39.9 Å². The van der Waals surface area contributed by atoms with Gasteiger partial charge in [0.05, 0.1) is 15.5 Å². The normalized spacial score (nSPS) is 21.7. The lowest BCUT2D eigenvalue weighted by molar-refractivity contribution is -0.383. The molecule has 0 unspecified atom stereocenters. The average Bonchev–Trinajstić information content (AvgIpc) is 2.89. The number of anilines is 1. The summed E-state index contributed by atoms with van der Waals surface area (Å²) in [5.74, 6) is 0.492. The number of hydrogen-bond donors (Lipinski definition) is 1. The summed E-state index contributed by atoms with van der Waals surface area (Å²) in [7, 11) is -0.550. The molecule has 2 aromatic rings. The number of nitrogens with zero attached hydrogens (tertiary/aromatic N) is 3. The van der Waals surface area contributed by atoms with Crippen LogP contribution >= 0.6 is 19.1 Å². The second kappa shape index (κ2) is 11.6. The highest BCUT2D eigenvalue weighted by Crippen LogP contribution is 2.44. The second-order valence-corrected chi connectivity index (χ2v) is 12.6. The van der Waals surface area contributed by atoms with Crippen molar-refractivity contribution in [1.82, 2.24) is 9.99 Å². The van der Waals surface area contributed by atoms with E-state index in [2.05, 4.69) is 9.99 Å². The van der Waals surface area contributed by atoms with Gasteiger partial charge in [0.1, 0.15) is 4.70 Å². The van der Waals surface area contributed by atoms with E-state index in [1.807, 2.05) is 4.90 Å². The molecule has 2 aliphatic rings. The minimum absolute atomic E-state index is 0.0511. The van der Waals surface area contributed by atoms with Crippen LogP contribution in [0.3, 0.4) is 0 Å². The molecule has 0 spiro atoms. The predicted octanol–water partition coefficient (Wildman–Crippen LogP) is 4.86. The van der Waals surface area contributed by atoms with E-state index < -0.39 is 35.5 Å².